The molecule has 0 radical (unpaired) electrons. The standard InChI is InChI=1S/C3H7NO3/c5-3-1-2-7-4(3)6/h3,5-6H,1-2H2. The zero-order chi connectivity index (χ0) is 5.28. The highest BCUT2D eigenvalue weighted by Crippen LogP contribution is 2.06. The van der Waals surface area contributed by atoms with Gasteiger partial charge in [0.25, 0.3) is 0 Å². The Kier molecular flexibility index (Phi) is 1.25. The molecule has 0 aromatic heterocycles. The topological polar surface area (TPSA) is 52.9 Å². The molecule has 0 aromatic carbocycles. The Labute approximate surface area is 40.8 Å². The third-order valence-corrected chi connectivity index (χ3v) is 0.855. The molecule has 0 saturated carbocycles. The molecule has 0 spiro atoms. The highest BCUT2D eigenvalue weighted by Gasteiger charge is 2.20. The maximum absolute atomic E-state index is 8.55. The van der Waals surface area contributed by atoms with Gasteiger partial charge in [0.2, 0.25) is 0 Å². The highest BCUT2D eigenvalue weighted by molar-refractivity contribution is 4.48. The molecule has 4 heteroatoms. The summed E-state index contributed by atoms with van der Waals surface area (Å²) in [5, 5.41) is 17.4. The molecule has 1 saturated heterocycles. The number of rotatable bonds is 0. The average Bonchev–Trinajstić information content (AvgIpc) is 1.91. The smallest absolute Gasteiger partial charge is 0.159 e. The van der Waals surface area contributed by atoms with Gasteiger partial charge in [0.1, 0.15) is 0 Å². The van der Waals surface area contributed by atoms with Crippen LogP contribution in [0, 0.1) is 0 Å². The second-order valence-electron chi connectivity index (χ2n) is 1.41. The SMILES string of the molecule is OC1CCON1O. The van der Waals surface area contributed by atoms with Crippen molar-refractivity contribution in [3.8, 4) is 0 Å². The van der Waals surface area contributed by atoms with E-state index in [1.54, 1.807) is 0 Å². The maximum Gasteiger partial charge on any atom is 0.159 e. The van der Waals surface area contributed by atoms with Crippen LogP contribution in [0.5, 0.6) is 0 Å². The summed E-state index contributed by atoms with van der Waals surface area (Å²) < 4.78 is 0. The fourth-order valence-electron chi connectivity index (χ4n) is 0.448. The van der Waals surface area contributed by atoms with Crippen LogP contribution in [0.15, 0.2) is 0 Å². The molecular weight excluding hydrogens is 98.0 g/mol. The summed E-state index contributed by atoms with van der Waals surface area (Å²) in [5.41, 5.74) is 0. The fraction of sp³-hybridized carbons (Fsp3) is 1.00. The molecule has 2 N–H and O–H groups in total. The number of aliphatic hydroxyl groups is 1. The van der Waals surface area contributed by atoms with Crippen LogP contribution >= 0.6 is 0 Å². The third kappa shape index (κ3) is 0.889. The molecule has 1 aliphatic rings. The Morgan fingerprint density at radius 2 is 2.43 bits per heavy atom. The van der Waals surface area contributed by atoms with Gasteiger partial charge in [0.05, 0.1) is 6.61 Å². The van der Waals surface area contributed by atoms with Gasteiger partial charge in [0, 0.05) is 6.42 Å². The summed E-state index contributed by atoms with van der Waals surface area (Å²) in [5.74, 6) is 0. The van der Waals surface area contributed by atoms with E-state index in [0.717, 1.165) is 0 Å². The van der Waals surface area contributed by atoms with Gasteiger partial charge in [-0.2, -0.15) is 0 Å². The van der Waals surface area contributed by atoms with Gasteiger partial charge in [-0.15, -0.1) is 0 Å². The lowest BCUT2D eigenvalue weighted by Gasteiger charge is -2.06. The number of hydrogen-bond acceptors (Lipinski definition) is 4. The Hall–Kier alpha value is -0.160. The van der Waals surface area contributed by atoms with E-state index in [1.165, 1.54) is 0 Å². The zero-order valence-corrected chi connectivity index (χ0v) is 3.74. The maximum atomic E-state index is 8.55. The van der Waals surface area contributed by atoms with E-state index in [4.69, 9.17) is 10.3 Å². The van der Waals surface area contributed by atoms with Gasteiger partial charge < -0.3 is 5.11 Å². The second-order valence-corrected chi connectivity index (χ2v) is 1.41. The van der Waals surface area contributed by atoms with Crippen LogP contribution in [-0.2, 0) is 4.84 Å². The Morgan fingerprint density at radius 1 is 1.71 bits per heavy atom. The molecule has 42 valence electrons. The van der Waals surface area contributed by atoms with Crippen molar-refractivity contribution in [1.29, 1.82) is 0 Å². The van der Waals surface area contributed by atoms with E-state index in [9.17, 15) is 0 Å². The predicted molar refractivity (Wildman–Crippen MR) is 20.2 cm³/mol. The lowest BCUT2D eigenvalue weighted by atomic mass is 10.4. The Morgan fingerprint density at radius 3 is 2.57 bits per heavy atom. The molecular formula is C3H7NO3. The normalized spacial score (nSPS) is 34.3. The van der Waals surface area contributed by atoms with Crippen molar-refractivity contribution in [2.45, 2.75) is 12.6 Å². The molecule has 0 aromatic rings. The lowest BCUT2D eigenvalue weighted by molar-refractivity contribution is -0.357. The van der Waals surface area contributed by atoms with Crippen molar-refractivity contribution < 1.29 is 15.2 Å². The monoisotopic (exact) mass is 105 g/mol. The molecule has 1 atom stereocenters. The summed E-state index contributed by atoms with van der Waals surface area (Å²) in [6.07, 6.45) is -0.337. The van der Waals surface area contributed by atoms with E-state index >= 15 is 0 Å². The molecule has 1 fully saturated rings. The molecule has 7 heavy (non-hydrogen) atoms. The van der Waals surface area contributed by atoms with Crippen molar-refractivity contribution >= 4 is 0 Å². The van der Waals surface area contributed by atoms with Crippen molar-refractivity contribution in [3.63, 3.8) is 0 Å². The largest absolute Gasteiger partial charge is 0.373 e. The van der Waals surface area contributed by atoms with E-state index in [1.807, 2.05) is 0 Å². The van der Waals surface area contributed by atoms with Crippen LogP contribution in [0.4, 0.5) is 0 Å². The first kappa shape index (κ1) is 4.99. The number of aliphatic hydroxyl groups excluding tert-OH is 1. The van der Waals surface area contributed by atoms with Crippen molar-refractivity contribution in [3.05, 3.63) is 0 Å². The molecule has 0 aliphatic carbocycles. The van der Waals surface area contributed by atoms with Crippen LogP contribution in [0.1, 0.15) is 6.42 Å². The van der Waals surface area contributed by atoms with E-state index in [-0.39, 0.29) is 0 Å². The van der Waals surface area contributed by atoms with E-state index in [2.05, 4.69) is 4.84 Å². The minimum atomic E-state index is -0.819. The van der Waals surface area contributed by atoms with Gasteiger partial charge in [-0.25, -0.2) is 0 Å². The van der Waals surface area contributed by atoms with E-state index < -0.39 is 6.23 Å². The summed E-state index contributed by atoms with van der Waals surface area (Å²) >= 11 is 0. The van der Waals surface area contributed by atoms with Crippen LogP contribution in [0.25, 0.3) is 0 Å². The first-order valence-corrected chi connectivity index (χ1v) is 2.10. The van der Waals surface area contributed by atoms with Crippen molar-refractivity contribution in [1.82, 2.24) is 5.23 Å². The predicted octanol–water partition coefficient (Wildman–Crippen LogP) is -0.669. The van der Waals surface area contributed by atoms with Crippen LogP contribution in [-0.4, -0.2) is 28.4 Å². The first-order chi connectivity index (χ1) is 3.30. The van der Waals surface area contributed by atoms with Gasteiger partial charge in [0.15, 0.2) is 6.23 Å². The molecule has 4 nitrogen and oxygen atoms in total. The van der Waals surface area contributed by atoms with Gasteiger partial charge >= 0.3 is 0 Å². The van der Waals surface area contributed by atoms with Crippen LogP contribution in [0.3, 0.4) is 0 Å². The fourth-order valence-corrected chi connectivity index (χ4v) is 0.448. The Bertz CT molecular complexity index is 59.2. The van der Waals surface area contributed by atoms with Gasteiger partial charge in [-0.1, -0.05) is 0 Å². The highest BCUT2D eigenvalue weighted by atomic mass is 16.9. The number of nitrogens with zero attached hydrogens (tertiary/aromatic N) is 1. The van der Waals surface area contributed by atoms with Crippen LogP contribution in [0.2, 0.25) is 0 Å². The minimum Gasteiger partial charge on any atom is -0.373 e. The first-order valence-electron chi connectivity index (χ1n) is 2.10. The number of hydrogen-bond donors (Lipinski definition) is 2. The van der Waals surface area contributed by atoms with Crippen molar-refractivity contribution in [2.75, 3.05) is 6.61 Å². The molecule has 1 aliphatic heterocycles. The Balaban J connectivity index is 2.33. The summed E-state index contributed by atoms with van der Waals surface area (Å²) in [6.45, 7) is 0.400. The molecule has 1 unspecified atom stereocenters. The van der Waals surface area contributed by atoms with Crippen LogP contribution < -0.4 is 0 Å². The van der Waals surface area contributed by atoms with Gasteiger partial charge in [-0.05, 0) is 5.23 Å². The second kappa shape index (κ2) is 1.75. The molecule has 0 amide bonds. The zero-order valence-electron chi connectivity index (χ0n) is 3.74. The quantitative estimate of drug-likeness (QED) is 0.429. The number of hydroxylamine groups is 2. The lowest BCUT2D eigenvalue weighted by Crippen LogP contribution is -2.23. The third-order valence-electron chi connectivity index (χ3n) is 0.855. The minimum absolute atomic E-state index is 0.400. The summed E-state index contributed by atoms with van der Waals surface area (Å²) in [6, 6.07) is 0. The summed E-state index contributed by atoms with van der Waals surface area (Å²) in [7, 11) is 0. The summed E-state index contributed by atoms with van der Waals surface area (Å²) in [4.78, 5) is 4.40. The molecule has 0 bridgehead atoms. The van der Waals surface area contributed by atoms with Crippen molar-refractivity contribution in [2.24, 2.45) is 0 Å². The van der Waals surface area contributed by atoms with E-state index in [0.29, 0.717) is 18.3 Å². The molecule has 1 heterocycles. The average molecular weight is 105 g/mol. The van der Waals surface area contributed by atoms with Gasteiger partial charge in [-0.3, -0.25) is 10.0 Å². The molecule has 1 rings (SSSR count).